The fourth-order valence-electron chi connectivity index (χ4n) is 1.93. The number of nitrogens with zero attached hydrogens (tertiary/aromatic N) is 2. The first-order chi connectivity index (χ1) is 8.08. The lowest BCUT2D eigenvalue weighted by atomic mass is 10.1. The molecule has 0 spiro atoms. The molecule has 1 aromatic heterocycles. The smallest absolute Gasteiger partial charge is 0.407 e. The first-order valence-corrected chi connectivity index (χ1v) is 5.39. The molecular formula is C11H15N3O3. The third-order valence-corrected chi connectivity index (χ3v) is 2.78. The minimum absolute atomic E-state index is 0.305. The van der Waals surface area contributed by atoms with Gasteiger partial charge in [-0.05, 0) is 18.6 Å². The lowest BCUT2D eigenvalue weighted by Crippen LogP contribution is -2.41. The monoisotopic (exact) mass is 237 g/mol. The molecule has 0 aromatic carbocycles. The van der Waals surface area contributed by atoms with Crippen molar-refractivity contribution in [3.63, 3.8) is 0 Å². The Morgan fingerprint density at radius 3 is 3.12 bits per heavy atom. The molecule has 1 saturated heterocycles. The number of amides is 1. The molecule has 92 valence electrons. The summed E-state index contributed by atoms with van der Waals surface area (Å²) >= 11 is 0. The summed E-state index contributed by atoms with van der Waals surface area (Å²) in [6, 6.07) is 1.81. The second-order valence-electron chi connectivity index (χ2n) is 4.06. The molecule has 1 aromatic rings. The molecule has 0 saturated carbocycles. The molecule has 1 unspecified atom stereocenters. The van der Waals surface area contributed by atoms with Crippen LogP contribution in [0.5, 0.6) is 0 Å². The lowest BCUT2D eigenvalue weighted by molar-refractivity contribution is -0.0255. The number of rotatable bonds is 1. The van der Waals surface area contributed by atoms with Crippen molar-refractivity contribution in [1.29, 1.82) is 0 Å². The Hall–Kier alpha value is -1.82. The first-order valence-electron chi connectivity index (χ1n) is 5.39. The summed E-state index contributed by atoms with van der Waals surface area (Å²) < 4.78 is 5.56. The summed E-state index contributed by atoms with van der Waals surface area (Å²) in [7, 11) is 0. The summed E-state index contributed by atoms with van der Waals surface area (Å²) in [5, 5.41) is 8.95. The Bertz CT molecular complexity index is 436. The third kappa shape index (κ3) is 2.47. The van der Waals surface area contributed by atoms with E-state index in [4.69, 9.17) is 15.6 Å². The van der Waals surface area contributed by atoms with Crippen molar-refractivity contribution in [2.45, 2.75) is 13.0 Å². The highest BCUT2D eigenvalue weighted by molar-refractivity contribution is 5.65. The van der Waals surface area contributed by atoms with Gasteiger partial charge in [-0.25, -0.2) is 4.79 Å². The molecule has 0 aliphatic carbocycles. The second kappa shape index (κ2) is 4.58. The molecule has 1 aliphatic heterocycles. The maximum absolute atomic E-state index is 10.9. The van der Waals surface area contributed by atoms with Crippen LogP contribution < -0.4 is 5.73 Å². The molecule has 2 rings (SSSR count). The van der Waals surface area contributed by atoms with E-state index < -0.39 is 6.09 Å². The largest absolute Gasteiger partial charge is 0.465 e. The van der Waals surface area contributed by atoms with Gasteiger partial charge in [0, 0.05) is 6.54 Å². The van der Waals surface area contributed by atoms with Crippen LogP contribution in [0.1, 0.15) is 17.4 Å². The van der Waals surface area contributed by atoms with Crippen LogP contribution in [-0.2, 0) is 4.74 Å². The van der Waals surface area contributed by atoms with E-state index in [2.05, 4.69) is 4.98 Å². The third-order valence-electron chi connectivity index (χ3n) is 2.78. The van der Waals surface area contributed by atoms with Gasteiger partial charge in [-0.3, -0.25) is 4.98 Å². The fourth-order valence-corrected chi connectivity index (χ4v) is 1.93. The van der Waals surface area contributed by atoms with Crippen LogP contribution in [0.2, 0.25) is 0 Å². The number of aryl methyl sites for hydroxylation is 1. The van der Waals surface area contributed by atoms with E-state index in [0.717, 1.165) is 11.3 Å². The number of nitrogens with two attached hydrogens (primary N) is 1. The zero-order valence-electron chi connectivity index (χ0n) is 9.59. The van der Waals surface area contributed by atoms with Crippen molar-refractivity contribution in [3.8, 4) is 0 Å². The number of ether oxygens (including phenoxy) is 1. The summed E-state index contributed by atoms with van der Waals surface area (Å²) in [6.07, 6.45) is 0.331. The van der Waals surface area contributed by atoms with Crippen molar-refractivity contribution in [1.82, 2.24) is 9.88 Å². The standard InChI is InChI=1S/C11H15N3O3/c1-7-4-8(12)5-13-10(7)9-6-14(11(15)16)2-3-17-9/h4-5,9H,2-3,6,12H2,1H3,(H,15,16). The van der Waals surface area contributed by atoms with Gasteiger partial charge in [-0.1, -0.05) is 0 Å². The first kappa shape index (κ1) is 11.7. The molecule has 0 bridgehead atoms. The topological polar surface area (TPSA) is 88.7 Å². The minimum atomic E-state index is -0.925. The average molecular weight is 237 g/mol. The van der Waals surface area contributed by atoms with Crippen molar-refractivity contribution in [2.75, 3.05) is 25.4 Å². The average Bonchev–Trinajstić information content (AvgIpc) is 2.29. The van der Waals surface area contributed by atoms with Crippen LogP contribution in [0.15, 0.2) is 12.3 Å². The molecule has 1 fully saturated rings. The highest BCUT2D eigenvalue weighted by atomic mass is 16.5. The van der Waals surface area contributed by atoms with E-state index in [1.54, 1.807) is 6.20 Å². The van der Waals surface area contributed by atoms with Crippen LogP contribution in [-0.4, -0.2) is 40.8 Å². The van der Waals surface area contributed by atoms with Crippen LogP contribution >= 0.6 is 0 Å². The molecule has 6 nitrogen and oxygen atoms in total. The van der Waals surface area contributed by atoms with Gasteiger partial charge >= 0.3 is 6.09 Å². The maximum Gasteiger partial charge on any atom is 0.407 e. The number of aromatic nitrogens is 1. The number of anilines is 1. The minimum Gasteiger partial charge on any atom is -0.465 e. The normalized spacial score (nSPS) is 20.3. The SMILES string of the molecule is Cc1cc(N)cnc1C1CN(C(=O)O)CCO1. The van der Waals surface area contributed by atoms with Crippen molar-refractivity contribution in [3.05, 3.63) is 23.5 Å². The highest BCUT2D eigenvalue weighted by Gasteiger charge is 2.26. The Balaban J connectivity index is 2.19. The van der Waals surface area contributed by atoms with Crippen LogP contribution in [0.25, 0.3) is 0 Å². The van der Waals surface area contributed by atoms with E-state index in [1.807, 2.05) is 13.0 Å². The van der Waals surface area contributed by atoms with Crippen LogP contribution in [0.4, 0.5) is 10.5 Å². The van der Waals surface area contributed by atoms with E-state index >= 15 is 0 Å². The van der Waals surface area contributed by atoms with E-state index in [-0.39, 0.29) is 6.10 Å². The second-order valence-corrected chi connectivity index (χ2v) is 4.06. The Morgan fingerprint density at radius 2 is 2.47 bits per heavy atom. The number of morpholine rings is 1. The van der Waals surface area contributed by atoms with Crippen molar-refractivity contribution < 1.29 is 14.6 Å². The molecule has 2 heterocycles. The van der Waals surface area contributed by atoms with E-state index in [0.29, 0.717) is 25.4 Å². The van der Waals surface area contributed by atoms with Crippen molar-refractivity contribution >= 4 is 11.8 Å². The molecule has 0 radical (unpaired) electrons. The number of carboxylic acid groups (broad SMARTS) is 1. The van der Waals surface area contributed by atoms with Gasteiger partial charge in [0.15, 0.2) is 0 Å². The quantitative estimate of drug-likeness (QED) is 0.761. The zero-order valence-corrected chi connectivity index (χ0v) is 9.59. The van der Waals surface area contributed by atoms with Gasteiger partial charge in [-0.2, -0.15) is 0 Å². The number of hydrogen-bond acceptors (Lipinski definition) is 4. The van der Waals surface area contributed by atoms with Gasteiger partial charge in [0.2, 0.25) is 0 Å². The van der Waals surface area contributed by atoms with Gasteiger partial charge in [0.25, 0.3) is 0 Å². The molecule has 6 heteroatoms. The van der Waals surface area contributed by atoms with Gasteiger partial charge in [-0.15, -0.1) is 0 Å². The number of carbonyl (C=O) groups is 1. The predicted molar refractivity (Wildman–Crippen MR) is 61.7 cm³/mol. The summed E-state index contributed by atoms with van der Waals surface area (Å²) in [4.78, 5) is 16.5. The lowest BCUT2D eigenvalue weighted by Gasteiger charge is -2.31. The number of hydrogen-bond donors (Lipinski definition) is 2. The number of nitrogen functional groups attached to an aromatic ring is 1. The van der Waals surface area contributed by atoms with E-state index in [1.165, 1.54) is 4.90 Å². The Kier molecular flexibility index (Phi) is 3.14. The maximum atomic E-state index is 10.9. The molecule has 3 N–H and O–H groups in total. The van der Waals surface area contributed by atoms with Gasteiger partial charge < -0.3 is 20.5 Å². The molecule has 17 heavy (non-hydrogen) atoms. The Morgan fingerprint density at radius 1 is 1.71 bits per heavy atom. The van der Waals surface area contributed by atoms with Crippen LogP contribution in [0.3, 0.4) is 0 Å². The van der Waals surface area contributed by atoms with E-state index in [9.17, 15) is 4.79 Å². The molecule has 1 aliphatic rings. The summed E-state index contributed by atoms with van der Waals surface area (Å²) in [5.74, 6) is 0. The van der Waals surface area contributed by atoms with Crippen molar-refractivity contribution in [2.24, 2.45) is 0 Å². The van der Waals surface area contributed by atoms with Crippen LogP contribution in [0, 0.1) is 6.92 Å². The van der Waals surface area contributed by atoms with Gasteiger partial charge in [0.1, 0.15) is 6.10 Å². The molecular weight excluding hydrogens is 222 g/mol. The molecule has 1 atom stereocenters. The Labute approximate surface area is 99.0 Å². The summed E-state index contributed by atoms with van der Waals surface area (Å²) in [6.45, 7) is 3.00. The predicted octanol–water partition coefficient (Wildman–Crippen LogP) is 1.02. The van der Waals surface area contributed by atoms with Gasteiger partial charge in [0.05, 0.1) is 30.7 Å². The highest BCUT2D eigenvalue weighted by Crippen LogP contribution is 2.24. The fraction of sp³-hybridized carbons (Fsp3) is 0.455. The molecule has 1 amide bonds. The zero-order chi connectivity index (χ0) is 12.4. The number of pyridine rings is 1. The summed E-state index contributed by atoms with van der Waals surface area (Å²) in [5.41, 5.74) is 7.89.